The number of hydrogen-bond acceptors (Lipinski definition) is 6. The molecule has 180 valence electrons. The number of hydrogen-bond donors (Lipinski definition) is 2. The predicted molar refractivity (Wildman–Crippen MR) is 116 cm³/mol. The van der Waals surface area contributed by atoms with Crippen molar-refractivity contribution in [2.24, 2.45) is 0 Å². The van der Waals surface area contributed by atoms with Crippen LogP contribution >= 0.6 is 0 Å². The van der Waals surface area contributed by atoms with E-state index in [-0.39, 0.29) is 30.7 Å². The first-order valence-corrected chi connectivity index (χ1v) is 10.9. The van der Waals surface area contributed by atoms with Gasteiger partial charge in [0.05, 0.1) is 12.6 Å². The molecule has 2 fully saturated rings. The summed E-state index contributed by atoms with van der Waals surface area (Å²) in [6, 6.07) is -0.673. The fourth-order valence-electron chi connectivity index (χ4n) is 3.80. The minimum Gasteiger partial charge on any atom is -0.465 e. The van der Waals surface area contributed by atoms with E-state index in [4.69, 9.17) is 19.7 Å². The van der Waals surface area contributed by atoms with Crippen LogP contribution in [-0.2, 0) is 14.3 Å². The molecule has 2 aliphatic rings. The van der Waals surface area contributed by atoms with Gasteiger partial charge < -0.3 is 24.6 Å². The van der Waals surface area contributed by atoms with Crippen LogP contribution < -0.4 is 0 Å². The van der Waals surface area contributed by atoms with Gasteiger partial charge in [0.15, 0.2) is 0 Å². The number of amides is 2. The Balaban J connectivity index is 0.000000367. The quantitative estimate of drug-likeness (QED) is 0.625. The van der Waals surface area contributed by atoms with Crippen LogP contribution in [0.4, 0.5) is 9.59 Å². The topological polar surface area (TPSA) is 117 Å². The predicted octanol–water partition coefficient (Wildman–Crippen LogP) is 3.63. The largest absolute Gasteiger partial charge is 0.465 e. The van der Waals surface area contributed by atoms with E-state index in [1.54, 1.807) is 0 Å². The van der Waals surface area contributed by atoms with Crippen LogP contribution in [0.3, 0.4) is 0 Å². The van der Waals surface area contributed by atoms with Gasteiger partial charge >= 0.3 is 18.2 Å². The lowest BCUT2D eigenvalue weighted by Crippen LogP contribution is -2.48. The summed E-state index contributed by atoms with van der Waals surface area (Å²) in [4.78, 5) is 37.9. The lowest BCUT2D eigenvalue weighted by Gasteiger charge is -2.31. The van der Waals surface area contributed by atoms with Crippen LogP contribution in [0, 0.1) is 0 Å². The molecule has 0 radical (unpaired) electrons. The lowest BCUT2D eigenvalue weighted by molar-refractivity contribution is -0.160. The first kappa shape index (κ1) is 27.0. The summed E-state index contributed by atoms with van der Waals surface area (Å²) < 4.78 is 10.8. The monoisotopic (exact) mass is 444 g/mol. The average molecular weight is 445 g/mol. The number of ether oxygens (including phenoxy) is 2. The molecule has 2 heterocycles. The Morgan fingerprint density at radius 2 is 1.32 bits per heavy atom. The minimum absolute atomic E-state index is 0.0117. The fraction of sp³-hybridized carbons (Fsp3) is 0.864. The van der Waals surface area contributed by atoms with E-state index in [2.05, 4.69) is 0 Å². The summed E-state index contributed by atoms with van der Waals surface area (Å²) in [5, 5.41) is 17.5. The molecule has 2 N–H and O–H groups in total. The van der Waals surface area contributed by atoms with Crippen LogP contribution in [0.25, 0.3) is 0 Å². The van der Waals surface area contributed by atoms with E-state index in [0.717, 1.165) is 19.3 Å². The SMILES string of the molecule is C[C@H]1CC[C@@H](C(=O)OC(C)(C)C)N1C(=O)OC(C)(C)C.C[C@H]1CC[C@@H](CO)N1C(=O)O. The molecule has 0 saturated carbocycles. The van der Waals surface area contributed by atoms with Crippen molar-refractivity contribution in [1.29, 1.82) is 0 Å². The Kier molecular flexibility index (Phi) is 9.17. The van der Waals surface area contributed by atoms with Gasteiger partial charge in [-0.3, -0.25) is 4.90 Å². The molecular weight excluding hydrogens is 404 g/mol. The molecule has 2 rings (SSSR count). The molecule has 0 unspecified atom stereocenters. The Morgan fingerprint density at radius 1 is 0.839 bits per heavy atom. The van der Waals surface area contributed by atoms with E-state index in [1.807, 2.05) is 55.4 Å². The molecule has 31 heavy (non-hydrogen) atoms. The average Bonchev–Trinajstić information content (AvgIpc) is 3.14. The molecule has 0 bridgehead atoms. The van der Waals surface area contributed by atoms with Crippen LogP contribution in [0.5, 0.6) is 0 Å². The van der Waals surface area contributed by atoms with Gasteiger partial charge in [-0.1, -0.05) is 0 Å². The summed E-state index contributed by atoms with van der Waals surface area (Å²) in [7, 11) is 0. The standard InChI is InChI=1S/C15H27NO4.C7H13NO3/c1-10-8-9-11(12(17)19-14(2,3)4)16(10)13(18)20-15(5,6)7;1-5-2-3-6(4-9)8(5)7(10)11/h10-11H,8-9H2,1-7H3;5-6,9H,2-4H2,1H3,(H,10,11)/t10-,11-;5-,6-/m00/s1. The summed E-state index contributed by atoms with van der Waals surface area (Å²) in [5.74, 6) is -0.354. The maximum Gasteiger partial charge on any atom is 0.411 e. The zero-order valence-corrected chi connectivity index (χ0v) is 20.2. The van der Waals surface area contributed by atoms with Crippen molar-refractivity contribution >= 4 is 18.2 Å². The van der Waals surface area contributed by atoms with Crippen molar-refractivity contribution in [3.8, 4) is 0 Å². The van der Waals surface area contributed by atoms with E-state index < -0.39 is 29.4 Å². The number of aliphatic hydroxyl groups excluding tert-OH is 1. The second kappa shape index (κ2) is 10.5. The Morgan fingerprint density at radius 3 is 1.74 bits per heavy atom. The maximum absolute atomic E-state index is 12.2. The van der Waals surface area contributed by atoms with Crippen molar-refractivity contribution < 1.29 is 34.1 Å². The normalized spacial score (nSPS) is 26.2. The summed E-state index contributed by atoms with van der Waals surface area (Å²) in [6.45, 7) is 14.6. The van der Waals surface area contributed by atoms with Crippen LogP contribution in [-0.4, -0.2) is 80.1 Å². The lowest BCUT2D eigenvalue weighted by atomic mass is 10.1. The first-order valence-electron chi connectivity index (χ1n) is 10.9. The highest BCUT2D eigenvalue weighted by molar-refractivity contribution is 5.82. The van der Waals surface area contributed by atoms with E-state index >= 15 is 0 Å². The summed E-state index contributed by atoms with van der Waals surface area (Å²) >= 11 is 0. The van der Waals surface area contributed by atoms with Gasteiger partial charge in [-0.2, -0.15) is 0 Å². The van der Waals surface area contributed by atoms with Gasteiger partial charge in [0, 0.05) is 12.1 Å². The van der Waals surface area contributed by atoms with Gasteiger partial charge in [0.1, 0.15) is 17.2 Å². The number of likely N-dealkylation sites (tertiary alicyclic amines) is 2. The van der Waals surface area contributed by atoms with Crippen molar-refractivity contribution in [3.05, 3.63) is 0 Å². The highest BCUT2D eigenvalue weighted by Gasteiger charge is 2.42. The molecule has 4 atom stereocenters. The smallest absolute Gasteiger partial charge is 0.411 e. The van der Waals surface area contributed by atoms with Crippen molar-refractivity contribution in [2.45, 2.75) is 116 Å². The molecule has 2 amide bonds. The number of esters is 1. The molecular formula is C22H40N2O7. The fourth-order valence-corrected chi connectivity index (χ4v) is 3.80. The third-order valence-corrected chi connectivity index (χ3v) is 5.17. The zero-order chi connectivity index (χ0) is 24.1. The van der Waals surface area contributed by atoms with Crippen LogP contribution in [0.15, 0.2) is 0 Å². The Labute approximate surface area is 185 Å². The molecule has 9 heteroatoms. The van der Waals surface area contributed by atoms with Crippen LogP contribution in [0.2, 0.25) is 0 Å². The number of nitrogens with zero attached hydrogens (tertiary/aromatic N) is 2. The molecule has 0 aliphatic carbocycles. The molecule has 9 nitrogen and oxygen atoms in total. The van der Waals surface area contributed by atoms with E-state index in [0.29, 0.717) is 6.42 Å². The molecule has 0 aromatic carbocycles. The third kappa shape index (κ3) is 8.20. The molecule has 0 aromatic heterocycles. The summed E-state index contributed by atoms with van der Waals surface area (Å²) in [6.07, 6.45) is 1.67. The van der Waals surface area contributed by atoms with Gasteiger partial charge in [-0.05, 0) is 81.1 Å². The molecule has 0 spiro atoms. The van der Waals surface area contributed by atoms with Gasteiger partial charge in [0.25, 0.3) is 0 Å². The highest BCUT2D eigenvalue weighted by atomic mass is 16.6. The van der Waals surface area contributed by atoms with Crippen molar-refractivity contribution in [1.82, 2.24) is 9.80 Å². The molecule has 0 aromatic rings. The number of aliphatic hydroxyl groups is 1. The second-order valence-electron chi connectivity index (χ2n) is 10.3. The zero-order valence-electron chi connectivity index (χ0n) is 20.2. The minimum atomic E-state index is -0.922. The number of carbonyl (C=O) groups excluding carboxylic acids is 2. The van der Waals surface area contributed by atoms with Crippen LogP contribution in [0.1, 0.15) is 81.1 Å². The second-order valence-corrected chi connectivity index (χ2v) is 10.3. The molecule has 2 aliphatic heterocycles. The Bertz CT molecular complexity index is 639. The van der Waals surface area contributed by atoms with Gasteiger partial charge in [-0.15, -0.1) is 0 Å². The number of rotatable bonds is 2. The summed E-state index contributed by atoms with van der Waals surface area (Å²) in [5.41, 5.74) is -1.12. The molecule has 2 saturated heterocycles. The van der Waals surface area contributed by atoms with E-state index in [9.17, 15) is 14.4 Å². The van der Waals surface area contributed by atoms with Crippen molar-refractivity contribution in [3.63, 3.8) is 0 Å². The maximum atomic E-state index is 12.2. The first-order chi connectivity index (χ1) is 14.1. The number of carbonyl (C=O) groups is 3. The third-order valence-electron chi connectivity index (χ3n) is 5.17. The van der Waals surface area contributed by atoms with Gasteiger partial charge in [0.2, 0.25) is 0 Å². The van der Waals surface area contributed by atoms with Crippen molar-refractivity contribution in [2.75, 3.05) is 6.61 Å². The Hall–Kier alpha value is -2.03. The van der Waals surface area contributed by atoms with E-state index in [1.165, 1.54) is 9.80 Å². The van der Waals surface area contributed by atoms with Gasteiger partial charge in [-0.25, -0.2) is 14.4 Å². The number of carboxylic acid groups (broad SMARTS) is 1. The highest BCUT2D eigenvalue weighted by Crippen LogP contribution is 2.28.